The van der Waals surface area contributed by atoms with Crippen LogP contribution in [0, 0.1) is 0 Å². The largest absolute Gasteiger partial charge is 1.00 e. The molecule has 2 atom stereocenters. The van der Waals surface area contributed by atoms with Crippen LogP contribution in [0.2, 0.25) is 5.02 Å². The molecule has 2 aromatic carbocycles. The predicted octanol–water partition coefficient (Wildman–Crippen LogP) is -2.90. The van der Waals surface area contributed by atoms with Crippen LogP contribution in [0.3, 0.4) is 0 Å². The van der Waals surface area contributed by atoms with E-state index in [0.717, 1.165) is 5.56 Å². The number of benzene rings is 2. The first-order chi connectivity index (χ1) is 12.2. The number of rotatable bonds is 9. The summed E-state index contributed by atoms with van der Waals surface area (Å²) in [5.41, 5.74) is -1.05. The Hall–Kier alpha value is 1.86. The van der Waals surface area contributed by atoms with Gasteiger partial charge >= 0.3 is 103 Å². The number of hydrogen-bond donors (Lipinski definition) is 0. The summed E-state index contributed by atoms with van der Waals surface area (Å²) in [6.45, 7) is 0. The monoisotopic (exact) mass is 496 g/mol. The zero-order valence-corrected chi connectivity index (χ0v) is 24.3. The Labute approximate surface area is 255 Å². The molecule has 0 aliphatic rings. The second kappa shape index (κ2) is 14.8. The Morgan fingerprint density at radius 3 is 2.29 bits per heavy atom. The van der Waals surface area contributed by atoms with Gasteiger partial charge in [-0.25, -0.2) is 8.42 Å². The molecule has 0 aliphatic heterocycles. The Morgan fingerprint density at radius 1 is 1.07 bits per heavy atom. The molecule has 2 rings (SSSR count). The molecule has 12 heteroatoms. The molecule has 2 aromatic rings. The number of aryl methyl sites for hydroxylation is 1. The maximum atomic E-state index is 11.0. The quantitative estimate of drug-likeness (QED) is 0.208. The predicted molar refractivity (Wildman–Crippen MR) is 94.5 cm³/mol. The second-order valence-corrected chi connectivity index (χ2v) is 8.07. The van der Waals surface area contributed by atoms with E-state index in [4.69, 9.17) is 16.3 Å². The van der Waals surface area contributed by atoms with Crippen molar-refractivity contribution in [1.82, 2.24) is 0 Å². The van der Waals surface area contributed by atoms with Gasteiger partial charge in [-0.15, -0.1) is 0 Å². The average molecular weight is 497 g/mol. The van der Waals surface area contributed by atoms with E-state index in [0.29, 0.717) is 22.9 Å². The molecule has 0 aliphatic carbocycles. The van der Waals surface area contributed by atoms with Crippen LogP contribution in [-0.4, -0.2) is 18.4 Å². The van der Waals surface area contributed by atoms with Crippen LogP contribution in [0.25, 0.3) is 0 Å². The van der Waals surface area contributed by atoms with Gasteiger partial charge in [0.05, 0.1) is 0 Å². The normalized spacial score (nSPS) is 13.0. The molecule has 0 saturated carbocycles. The third kappa shape index (κ3) is 11.5. The van der Waals surface area contributed by atoms with Crippen LogP contribution >= 0.6 is 19.9 Å². The van der Waals surface area contributed by atoms with Crippen molar-refractivity contribution in [3.8, 4) is 11.5 Å². The van der Waals surface area contributed by atoms with Crippen LogP contribution in [0.15, 0.2) is 48.5 Å². The molecule has 0 amide bonds. The van der Waals surface area contributed by atoms with E-state index in [9.17, 15) is 22.4 Å². The minimum atomic E-state index is -4.85. The van der Waals surface area contributed by atoms with Crippen molar-refractivity contribution in [1.29, 1.82) is 0 Å². The molecule has 0 aromatic heterocycles. The van der Waals surface area contributed by atoms with Crippen molar-refractivity contribution in [3.63, 3.8) is 0 Å². The third-order valence-corrected chi connectivity index (χ3v) is 5.28. The maximum absolute atomic E-state index is 11.0. The van der Waals surface area contributed by atoms with E-state index < -0.39 is 23.8 Å². The van der Waals surface area contributed by atoms with E-state index in [1.165, 1.54) is 0 Å². The van der Waals surface area contributed by atoms with Crippen LogP contribution in [0.5, 0.6) is 11.5 Å². The molecule has 0 bridgehead atoms. The van der Waals surface area contributed by atoms with Gasteiger partial charge in [0.2, 0.25) is 0 Å². The number of ether oxygens (including phenoxy) is 1. The molecule has 0 spiro atoms. The Balaban J connectivity index is 0.00000364. The molecule has 142 valence electrons. The summed E-state index contributed by atoms with van der Waals surface area (Å²) >= 11 is 5.82. The van der Waals surface area contributed by atoms with Gasteiger partial charge in [0.25, 0.3) is 0 Å². The van der Waals surface area contributed by atoms with Gasteiger partial charge in [-0.1, -0.05) is 23.7 Å². The molecule has 28 heavy (non-hydrogen) atoms. The third-order valence-electron chi connectivity index (χ3n) is 3.40. The molecular weight excluding hydrogens is 481 g/mol. The fourth-order valence-corrected chi connectivity index (χ4v) is 3.87. The minimum Gasteiger partial charge on any atom is -0.781 e. The van der Waals surface area contributed by atoms with Crippen molar-refractivity contribution in [2.75, 3.05) is 0 Å². The van der Waals surface area contributed by atoms with Gasteiger partial charge in [0, 0.05) is 5.02 Å². The summed E-state index contributed by atoms with van der Waals surface area (Å²) in [5.74, 6) is 1.19. The molecular formula is C16H16ClK2O7PS. The summed E-state index contributed by atoms with van der Waals surface area (Å²) < 4.78 is 53.5. The van der Waals surface area contributed by atoms with Crippen molar-refractivity contribution in [3.05, 3.63) is 59.1 Å². The van der Waals surface area contributed by atoms with Gasteiger partial charge in [-0.3, -0.25) is 0 Å². The number of hydrogen-bond acceptors (Lipinski definition) is 7. The maximum Gasteiger partial charge on any atom is 1.00 e. The summed E-state index contributed by atoms with van der Waals surface area (Å²) in [4.78, 5) is 10.6. The molecule has 0 saturated heterocycles. The van der Waals surface area contributed by atoms with Crippen molar-refractivity contribution in [2.45, 2.75) is 24.7 Å². The molecule has 7 nitrogen and oxygen atoms in total. The van der Waals surface area contributed by atoms with Crippen molar-refractivity contribution >= 4 is 30.0 Å². The van der Waals surface area contributed by atoms with Crippen LogP contribution in [-0.2, 0) is 25.6 Å². The minimum absolute atomic E-state index is 0. The Bertz CT molecular complexity index is 866. The molecule has 0 fully saturated rings. The number of halogens is 1. The first-order valence-corrected chi connectivity index (χ1v) is 10.7. The molecule has 0 heterocycles. The van der Waals surface area contributed by atoms with Crippen molar-refractivity contribution < 1.29 is 134 Å². The summed E-state index contributed by atoms with van der Waals surface area (Å²) in [6.07, 6.45) is 0.464. The van der Waals surface area contributed by atoms with Gasteiger partial charge in [0.15, 0.2) is 5.44 Å². The van der Waals surface area contributed by atoms with E-state index in [-0.39, 0.29) is 116 Å². The van der Waals surface area contributed by atoms with Gasteiger partial charge in [-0.05, 0) is 61.2 Å². The van der Waals surface area contributed by atoms with E-state index >= 15 is 0 Å². The Morgan fingerprint density at radius 2 is 1.71 bits per heavy atom. The second-order valence-electron chi connectivity index (χ2n) is 5.39. The molecule has 0 N–H and O–H groups in total. The topological polar surface area (TPSA) is 116 Å². The van der Waals surface area contributed by atoms with Crippen molar-refractivity contribution in [2.24, 2.45) is 0 Å². The SMILES string of the molecule is O=[PH]([O-])OC(CCCc1cccc(Oc2ccc(Cl)cc2)c1)S(=O)(=O)[O-].[K+].[K+]. The van der Waals surface area contributed by atoms with E-state index in [2.05, 4.69) is 4.52 Å². The van der Waals surface area contributed by atoms with Gasteiger partial charge in [0.1, 0.15) is 29.9 Å². The van der Waals surface area contributed by atoms with E-state index in [1.54, 1.807) is 42.5 Å². The first kappa shape index (κ1) is 29.9. The summed E-state index contributed by atoms with van der Waals surface area (Å²) in [7, 11) is -8.61. The molecule has 2 unspecified atom stereocenters. The average Bonchev–Trinajstić information content (AvgIpc) is 2.55. The van der Waals surface area contributed by atoms with Gasteiger partial charge < -0.3 is 23.3 Å². The standard InChI is InChI=1S/C16H18ClO7PS.2K/c17-13-7-9-14(10-8-13)23-15-5-1-3-12(11-15)4-2-6-16(24-25(18)19)26(20,21)22;;/h1,3,5,7-11,16,25H,2,4,6H2,(H,18,19)(H,20,21,22);;/q;2*+1/p-2. The Kier molecular flexibility index (Phi) is 15.8. The zero-order chi connectivity index (χ0) is 19.2. The first-order valence-electron chi connectivity index (χ1n) is 7.59. The van der Waals surface area contributed by atoms with Crippen LogP contribution in [0.1, 0.15) is 18.4 Å². The zero-order valence-electron chi connectivity index (χ0n) is 15.5. The van der Waals surface area contributed by atoms with Crippen LogP contribution in [0.4, 0.5) is 0 Å². The summed E-state index contributed by atoms with van der Waals surface area (Å²) in [5, 5.41) is 0.594. The summed E-state index contributed by atoms with van der Waals surface area (Å²) in [6, 6.07) is 14.0. The van der Waals surface area contributed by atoms with E-state index in [1.807, 2.05) is 6.07 Å². The van der Waals surface area contributed by atoms with Gasteiger partial charge in [-0.2, -0.15) is 0 Å². The fraction of sp³-hybridized carbons (Fsp3) is 0.250. The van der Waals surface area contributed by atoms with Crippen LogP contribution < -0.4 is 112 Å². The molecule has 0 radical (unpaired) electrons. The fourth-order valence-electron chi connectivity index (χ4n) is 2.25. The smallest absolute Gasteiger partial charge is 0.781 e.